The predicted octanol–water partition coefficient (Wildman–Crippen LogP) is 2.81. The molecule has 1 rings (SSSR count). The monoisotopic (exact) mass is 257 g/mol. The molecule has 0 bridgehead atoms. The van der Waals surface area contributed by atoms with Crippen LogP contribution in [0.5, 0.6) is 0 Å². The Kier molecular flexibility index (Phi) is 4.41. The van der Waals surface area contributed by atoms with Crippen LogP contribution in [0.25, 0.3) is 0 Å². The molecule has 2 nitrogen and oxygen atoms in total. The number of alkyl halides is 4. The van der Waals surface area contributed by atoms with Crippen LogP contribution in [0.3, 0.4) is 0 Å². The number of rotatable bonds is 4. The fourth-order valence-corrected chi connectivity index (χ4v) is 2.08. The van der Waals surface area contributed by atoms with Crippen LogP contribution >= 0.6 is 0 Å². The fraction of sp³-hybridized carbons (Fsp3) is 1.00. The van der Waals surface area contributed by atoms with Gasteiger partial charge < -0.3 is 10.5 Å². The minimum absolute atomic E-state index is 0.205. The highest BCUT2D eigenvalue weighted by Crippen LogP contribution is 2.36. The standard InChI is InChI=1S/C11H19F4NO/c1-10(2)5-3-4-7(8(10)16)17-6-11(14,15)9(12)13/h7-9H,3-6,16H2,1-2H3. The molecule has 2 N–H and O–H groups in total. The van der Waals surface area contributed by atoms with Crippen molar-refractivity contribution in [2.45, 2.75) is 57.6 Å². The maximum absolute atomic E-state index is 12.7. The molecule has 0 aromatic carbocycles. The summed E-state index contributed by atoms with van der Waals surface area (Å²) in [6.07, 6.45) is -2.02. The normalized spacial score (nSPS) is 29.6. The summed E-state index contributed by atoms with van der Waals surface area (Å²) in [5, 5.41) is 0. The lowest BCUT2D eigenvalue weighted by Gasteiger charge is -2.41. The van der Waals surface area contributed by atoms with E-state index >= 15 is 0 Å². The minimum atomic E-state index is -4.10. The van der Waals surface area contributed by atoms with E-state index in [9.17, 15) is 17.6 Å². The number of hydrogen-bond acceptors (Lipinski definition) is 2. The average molecular weight is 257 g/mol. The van der Waals surface area contributed by atoms with E-state index in [0.717, 1.165) is 12.8 Å². The third-order valence-corrected chi connectivity index (χ3v) is 3.42. The summed E-state index contributed by atoms with van der Waals surface area (Å²) in [5.41, 5.74) is 5.70. The van der Waals surface area contributed by atoms with Gasteiger partial charge in [-0.25, -0.2) is 8.78 Å². The maximum Gasteiger partial charge on any atom is 0.330 e. The van der Waals surface area contributed by atoms with Gasteiger partial charge in [-0.2, -0.15) is 8.78 Å². The molecule has 102 valence electrons. The second-order valence-electron chi connectivity index (χ2n) is 5.32. The van der Waals surface area contributed by atoms with Gasteiger partial charge in [0.05, 0.1) is 6.10 Å². The highest BCUT2D eigenvalue weighted by Gasteiger charge is 2.44. The van der Waals surface area contributed by atoms with Crippen molar-refractivity contribution in [2.24, 2.45) is 11.1 Å². The molecule has 0 radical (unpaired) electrons. The van der Waals surface area contributed by atoms with Gasteiger partial charge in [-0.05, 0) is 18.3 Å². The molecule has 1 aliphatic rings. The summed E-state index contributed by atoms with van der Waals surface area (Å²) in [4.78, 5) is 0. The van der Waals surface area contributed by atoms with Gasteiger partial charge in [0.25, 0.3) is 0 Å². The zero-order chi connectivity index (χ0) is 13.3. The van der Waals surface area contributed by atoms with Crippen LogP contribution in [-0.2, 0) is 4.74 Å². The van der Waals surface area contributed by atoms with E-state index in [-0.39, 0.29) is 5.41 Å². The third kappa shape index (κ3) is 3.55. The van der Waals surface area contributed by atoms with Gasteiger partial charge in [0.2, 0.25) is 0 Å². The predicted molar refractivity (Wildman–Crippen MR) is 56.3 cm³/mol. The van der Waals surface area contributed by atoms with Crippen molar-refractivity contribution >= 4 is 0 Å². The topological polar surface area (TPSA) is 35.2 Å². The van der Waals surface area contributed by atoms with Gasteiger partial charge in [0.1, 0.15) is 6.61 Å². The van der Waals surface area contributed by atoms with Crippen molar-refractivity contribution in [1.29, 1.82) is 0 Å². The first-order chi connectivity index (χ1) is 7.67. The Morgan fingerprint density at radius 1 is 1.41 bits per heavy atom. The largest absolute Gasteiger partial charge is 0.370 e. The molecule has 2 atom stereocenters. The van der Waals surface area contributed by atoms with Crippen molar-refractivity contribution in [1.82, 2.24) is 0 Å². The Morgan fingerprint density at radius 3 is 2.53 bits per heavy atom. The molecule has 1 aliphatic carbocycles. The SMILES string of the molecule is CC1(C)CCCC(OCC(F)(F)C(F)F)C1N. The number of halogens is 4. The molecule has 1 fully saturated rings. The molecular weight excluding hydrogens is 238 g/mol. The summed E-state index contributed by atoms with van der Waals surface area (Å²) < 4.78 is 54.2. The Balaban J connectivity index is 2.52. The van der Waals surface area contributed by atoms with Crippen LogP contribution in [0.2, 0.25) is 0 Å². The van der Waals surface area contributed by atoms with E-state index < -0.39 is 31.1 Å². The van der Waals surface area contributed by atoms with E-state index in [1.807, 2.05) is 13.8 Å². The van der Waals surface area contributed by atoms with Crippen LogP contribution in [0, 0.1) is 5.41 Å². The molecule has 2 unspecified atom stereocenters. The Bertz CT molecular complexity index is 258. The maximum atomic E-state index is 12.7. The molecule has 17 heavy (non-hydrogen) atoms. The van der Waals surface area contributed by atoms with Gasteiger partial charge in [-0.3, -0.25) is 0 Å². The summed E-state index contributed by atoms with van der Waals surface area (Å²) in [7, 11) is 0. The van der Waals surface area contributed by atoms with Crippen LogP contribution < -0.4 is 5.73 Å². The van der Waals surface area contributed by atoms with E-state index in [4.69, 9.17) is 10.5 Å². The summed E-state index contributed by atoms with van der Waals surface area (Å²) >= 11 is 0. The molecular formula is C11H19F4NO. The van der Waals surface area contributed by atoms with Crippen molar-refractivity contribution in [3.63, 3.8) is 0 Å². The van der Waals surface area contributed by atoms with Crippen LogP contribution in [-0.4, -0.2) is 31.1 Å². The lowest BCUT2D eigenvalue weighted by molar-refractivity contribution is -0.183. The van der Waals surface area contributed by atoms with Crippen LogP contribution in [0.4, 0.5) is 17.6 Å². The zero-order valence-electron chi connectivity index (χ0n) is 10.1. The molecule has 0 aromatic heterocycles. The molecule has 6 heteroatoms. The summed E-state index contributed by atoms with van der Waals surface area (Å²) in [5.74, 6) is -4.10. The summed E-state index contributed by atoms with van der Waals surface area (Å²) in [6.45, 7) is 2.59. The van der Waals surface area contributed by atoms with Crippen LogP contribution in [0.15, 0.2) is 0 Å². The molecule has 0 aromatic rings. The zero-order valence-corrected chi connectivity index (χ0v) is 10.1. The molecule has 0 spiro atoms. The smallest absolute Gasteiger partial charge is 0.330 e. The first-order valence-electron chi connectivity index (χ1n) is 5.70. The highest BCUT2D eigenvalue weighted by atomic mass is 19.3. The van der Waals surface area contributed by atoms with E-state index in [1.165, 1.54) is 0 Å². The number of hydrogen-bond donors (Lipinski definition) is 1. The van der Waals surface area contributed by atoms with E-state index in [2.05, 4.69) is 0 Å². The second kappa shape index (κ2) is 5.10. The molecule has 0 saturated heterocycles. The first-order valence-corrected chi connectivity index (χ1v) is 5.70. The summed E-state index contributed by atoms with van der Waals surface area (Å²) in [6, 6.07) is -0.398. The Labute approximate surface area is 98.5 Å². The molecule has 0 aliphatic heterocycles. The Morgan fingerprint density at radius 2 is 2.00 bits per heavy atom. The van der Waals surface area contributed by atoms with E-state index in [1.54, 1.807) is 0 Å². The van der Waals surface area contributed by atoms with Gasteiger partial charge in [-0.15, -0.1) is 0 Å². The van der Waals surface area contributed by atoms with Crippen molar-refractivity contribution < 1.29 is 22.3 Å². The van der Waals surface area contributed by atoms with Crippen molar-refractivity contribution in [3.8, 4) is 0 Å². The molecule has 0 heterocycles. The van der Waals surface area contributed by atoms with Crippen molar-refractivity contribution in [3.05, 3.63) is 0 Å². The quantitative estimate of drug-likeness (QED) is 0.786. The number of nitrogens with two attached hydrogens (primary N) is 1. The lowest BCUT2D eigenvalue weighted by Crippen LogP contribution is -2.51. The Hall–Kier alpha value is -0.360. The third-order valence-electron chi connectivity index (χ3n) is 3.42. The lowest BCUT2D eigenvalue weighted by atomic mass is 9.72. The van der Waals surface area contributed by atoms with Gasteiger partial charge in [0.15, 0.2) is 0 Å². The average Bonchev–Trinajstić information content (AvgIpc) is 2.20. The van der Waals surface area contributed by atoms with Crippen LogP contribution in [0.1, 0.15) is 33.1 Å². The highest BCUT2D eigenvalue weighted by molar-refractivity contribution is 4.92. The minimum Gasteiger partial charge on any atom is -0.370 e. The second-order valence-corrected chi connectivity index (χ2v) is 5.32. The molecule has 0 amide bonds. The first kappa shape index (κ1) is 14.7. The van der Waals surface area contributed by atoms with E-state index in [0.29, 0.717) is 6.42 Å². The van der Waals surface area contributed by atoms with Crippen molar-refractivity contribution in [2.75, 3.05) is 6.61 Å². The fourth-order valence-electron chi connectivity index (χ4n) is 2.08. The number of ether oxygens (including phenoxy) is 1. The van der Waals surface area contributed by atoms with Gasteiger partial charge in [0, 0.05) is 6.04 Å². The van der Waals surface area contributed by atoms with Gasteiger partial charge >= 0.3 is 12.3 Å². The molecule has 1 saturated carbocycles. The van der Waals surface area contributed by atoms with Gasteiger partial charge in [-0.1, -0.05) is 20.3 Å².